The summed E-state index contributed by atoms with van der Waals surface area (Å²) in [5, 5.41) is 3.87. The first kappa shape index (κ1) is 22.0. The van der Waals surface area contributed by atoms with Gasteiger partial charge in [0.05, 0.1) is 15.7 Å². The molecule has 0 bridgehead atoms. The summed E-state index contributed by atoms with van der Waals surface area (Å²) < 4.78 is 26.0. The highest BCUT2D eigenvalue weighted by atomic mass is 79.9. The molecular formula is C18H24Br2FNO3. The van der Waals surface area contributed by atoms with E-state index in [1.54, 1.807) is 19.1 Å². The van der Waals surface area contributed by atoms with Crippen molar-refractivity contribution < 1.29 is 18.7 Å². The molecule has 0 unspecified atom stereocenters. The van der Waals surface area contributed by atoms with E-state index < -0.39 is 5.82 Å². The van der Waals surface area contributed by atoms with Gasteiger partial charge in [0.15, 0.2) is 11.6 Å². The molecule has 0 aliphatic carbocycles. The molecular weight excluding hydrogens is 457 g/mol. The van der Waals surface area contributed by atoms with E-state index in [2.05, 4.69) is 37.0 Å². The molecule has 7 heteroatoms. The van der Waals surface area contributed by atoms with Crippen LogP contribution in [0.25, 0.3) is 0 Å². The summed E-state index contributed by atoms with van der Waals surface area (Å²) in [6.45, 7) is 6.97. The second-order valence-corrected chi connectivity index (χ2v) is 8.41. The van der Waals surface area contributed by atoms with Crippen LogP contribution in [-0.2, 0) is 4.84 Å². The number of hydrogen-bond donors (Lipinski definition) is 0. The minimum Gasteiger partial charge on any atom is -0.490 e. The first-order chi connectivity index (χ1) is 11.9. The van der Waals surface area contributed by atoms with Crippen LogP contribution in [-0.4, -0.2) is 25.5 Å². The van der Waals surface area contributed by atoms with Gasteiger partial charge in [-0.25, -0.2) is 4.39 Å². The van der Waals surface area contributed by atoms with Crippen molar-refractivity contribution in [1.82, 2.24) is 0 Å². The monoisotopic (exact) mass is 479 g/mol. The van der Waals surface area contributed by atoms with Gasteiger partial charge in [0.2, 0.25) is 0 Å². The normalized spacial score (nSPS) is 10.2. The lowest BCUT2D eigenvalue weighted by Gasteiger charge is -2.12. The summed E-state index contributed by atoms with van der Waals surface area (Å²) in [6, 6.07) is 3.12. The molecule has 0 saturated carbocycles. The van der Waals surface area contributed by atoms with E-state index in [1.165, 1.54) is 6.07 Å². The average Bonchev–Trinajstić information content (AvgIpc) is 2.51. The van der Waals surface area contributed by atoms with Crippen molar-refractivity contribution in [2.75, 3.05) is 19.8 Å². The minimum atomic E-state index is -0.409. The molecule has 0 atom stereocenters. The Bertz CT molecular complexity index is 575. The van der Waals surface area contributed by atoms with Crippen molar-refractivity contribution in [3.05, 3.63) is 33.0 Å². The number of halogens is 3. The van der Waals surface area contributed by atoms with Gasteiger partial charge in [0.1, 0.15) is 19.0 Å². The van der Waals surface area contributed by atoms with E-state index in [0.29, 0.717) is 31.1 Å². The third-order valence-electron chi connectivity index (χ3n) is 3.06. The number of aryl methyl sites for hydroxylation is 1. The third kappa shape index (κ3) is 9.84. The van der Waals surface area contributed by atoms with Crippen molar-refractivity contribution in [3.63, 3.8) is 0 Å². The largest absolute Gasteiger partial charge is 0.490 e. The average molecular weight is 481 g/mol. The Morgan fingerprint density at radius 2 is 1.84 bits per heavy atom. The zero-order chi connectivity index (χ0) is 18.7. The quantitative estimate of drug-likeness (QED) is 0.218. The van der Waals surface area contributed by atoms with Crippen LogP contribution < -0.4 is 9.47 Å². The summed E-state index contributed by atoms with van der Waals surface area (Å²) in [5.41, 5.74) is 1.62. The first-order valence-electron chi connectivity index (χ1n) is 8.10. The smallest absolute Gasteiger partial charge is 0.169 e. The Morgan fingerprint density at radius 3 is 2.48 bits per heavy atom. The van der Waals surface area contributed by atoms with Crippen molar-refractivity contribution >= 4 is 37.6 Å². The van der Waals surface area contributed by atoms with E-state index in [9.17, 15) is 4.39 Å². The predicted molar refractivity (Wildman–Crippen MR) is 107 cm³/mol. The van der Waals surface area contributed by atoms with E-state index in [1.807, 2.05) is 13.8 Å². The molecule has 0 heterocycles. The zero-order valence-electron chi connectivity index (χ0n) is 14.8. The second-order valence-electron chi connectivity index (χ2n) is 5.64. The van der Waals surface area contributed by atoms with Gasteiger partial charge in [0.25, 0.3) is 0 Å². The molecule has 4 nitrogen and oxygen atoms in total. The van der Waals surface area contributed by atoms with Crippen LogP contribution in [0, 0.1) is 12.7 Å². The molecule has 0 saturated heterocycles. The fraction of sp³-hybridized carbons (Fsp3) is 0.500. The second kappa shape index (κ2) is 12.3. The standard InChI is InChI=1S/C18H24Br2FNO3/c1-13(2)22-25-9-6-4-5-8-24-18-14(3)11-15(12-16(18)21)23-10-7-17(19)20/h7,11-12H,4-6,8-10H2,1-3H3. The highest BCUT2D eigenvalue weighted by molar-refractivity contribution is 9.28. The highest BCUT2D eigenvalue weighted by Gasteiger charge is 2.10. The Kier molecular flexibility index (Phi) is 10.8. The van der Waals surface area contributed by atoms with E-state index in [0.717, 1.165) is 28.4 Å². The number of hydrogen-bond acceptors (Lipinski definition) is 4. The van der Waals surface area contributed by atoms with Gasteiger partial charge in [-0.1, -0.05) is 5.16 Å². The molecule has 1 aromatic rings. The molecule has 0 amide bonds. The number of oxime groups is 1. The Balaban J connectivity index is 2.36. The zero-order valence-corrected chi connectivity index (χ0v) is 18.0. The van der Waals surface area contributed by atoms with Crippen LogP contribution in [0.15, 0.2) is 26.8 Å². The van der Waals surface area contributed by atoms with Gasteiger partial charge in [-0.3, -0.25) is 0 Å². The van der Waals surface area contributed by atoms with Crippen LogP contribution in [0.5, 0.6) is 11.5 Å². The topological polar surface area (TPSA) is 40.0 Å². The van der Waals surface area contributed by atoms with Crippen molar-refractivity contribution in [3.8, 4) is 11.5 Å². The Morgan fingerprint density at radius 1 is 1.12 bits per heavy atom. The molecule has 0 spiro atoms. The fourth-order valence-corrected chi connectivity index (χ4v) is 2.23. The first-order valence-corrected chi connectivity index (χ1v) is 9.69. The number of unbranched alkanes of at least 4 members (excludes halogenated alkanes) is 2. The lowest BCUT2D eigenvalue weighted by atomic mass is 10.2. The summed E-state index contributed by atoms with van der Waals surface area (Å²) in [6.07, 6.45) is 4.45. The fourth-order valence-electron chi connectivity index (χ4n) is 1.96. The van der Waals surface area contributed by atoms with Crippen LogP contribution >= 0.6 is 31.9 Å². The van der Waals surface area contributed by atoms with Gasteiger partial charge in [0, 0.05) is 6.07 Å². The molecule has 0 N–H and O–H groups in total. The van der Waals surface area contributed by atoms with E-state index in [-0.39, 0.29) is 5.75 Å². The summed E-state index contributed by atoms with van der Waals surface area (Å²) in [7, 11) is 0. The Labute approximate surface area is 165 Å². The van der Waals surface area contributed by atoms with E-state index in [4.69, 9.17) is 14.3 Å². The number of nitrogens with zero attached hydrogens (tertiary/aromatic N) is 1. The molecule has 0 aliphatic heterocycles. The van der Waals surface area contributed by atoms with E-state index >= 15 is 0 Å². The maximum absolute atomic E-state index is 14.2. The molecule has 0 fully saturated rings. The van der Waals surface area contributed by atoms with Crippen molar-refractivity contribution in [1.29, 1.82) is 0 Å². The van der Waals surface area contributed by atoms with Gasteiger partial charge >= 0.3 is 0 Å². The van der Waals surface area contributed by atoms with Gasteiger partial charge in [-0.05, 0) is 89.6 Å². The molecule has 0 aromatic heterocycles. The van der Waals surface area contributed by atoms with Crippen LogP contribution in [0.3, 0.4) is 0 Å². The summed E-state index contributed by atoms with van der Waals surface area (Å²) >= 11 is 6.48. The lowest BCUT2D eigenvalue weighted by Crippen LogP contribution is -2.03. The third-order valence-corrected chi connectivity index (χ3v) is 3.71. The number of ether oxygens (including phenoxy) is 2. The minimum absolute atomic E-state index is 0.284. The number of rotatable bonds is 11. The van der Waals surface area contributed by atoms with Crippen LogP contribution in [0.1, 0.15) is 38.7 Å². The SMILES string of the molecule is CC(C)=NOCCCCCOc1c(C)cc(OCC=C(Br)Br)cc1F. The molecule has 1 aromatic carbocycles. The van der Waals surface area contributed by atoms with Gasteiger partial charge in [-0.15, -0.1) is 0 Å². The highest BCUT2D eigenvalue weighted by Crippen LogP contribution is 2.28. The van der Waals surface area contributed by atoms with Crippen molar-refractivity contribution in [2.45, 2.75) is 40.0 Å². The lowest BCUT2D eigenvalue weighted by molar-refractivity contribution is 0.138. The molecule has 25 heavy (non-hydrogen) atoms. The van der Waals surface area contributed by atoms with Gasteiger partial charge in [-0.2, -0.15) is 0 Å². The van der Waals surface area contributed by atoms with Gasteiger partial charge < -0.3 is 14.3 Å². The van der Waals surface area contributed by atoms with Crippen LogP contribution in [0.2, 0.25) is 0 Å². The molecule has 1 rings (SSSR count). The van der Waals surface area contributed by atoms with Crippen LogP contribution in [0.4, 0.5) is 4.39 Å². The predicted octanol–water partition coefficient (Wildman–Crippen LogP) is 6.11. The molecule has 140 valence electrons. The number of benzene rings is 1. The maximum Gasteiger partial charge on any atom is 0.169 e. The summed E-state index contributed by atoms with van der Waals surface area (Å²) in [5.74, 6) is 0.351. The Hall–Kier alpha value is -1.08. The maximum atomic E-state index is 14.2. The molecule has 0 aliphatic rings. The van der Waals surface area contributed by atoms with Crippen molar-refractivity contribution in [2.24, 2.45) is 5.16 Å². The molecule has 0 radical (unpaired) electrons. The summed E-state index contributed by atoms with van der Waals surface area (Å²) in [4.78, 5) is 5.12.